The van der Waals surface area contributed by atoms with Gasteiger partial charge in [0.2, 0.25) is 0 Å². The minimum Gasteiger partial charge on any atom is -0.381 e. The SMILES string of the molecule is COC1CCC(N2CCCC(N)C2)C1. The average molecular weight is 198 g/mol. The Morgan fingerprint density at radius 1 is 1.29 bits per heavy atom. The lowest BCUT2D eigenvalue weighted by atomic mass is 10.0. The Morgan fingerprint density at radius 3 is 2.79 bits per heavy atom. The fraction of sp³-hybridized carbons (Fsp3) is 1.00. The number of hydrogen-bond donors (Lipinski definition) is 1. The van der Waals surface area contributed by atoms with Crippen molar-refractivity contribution in [2.45, 2.75) is 50.3 Å². The molecule has 0 radical (unpaired) electrons. The molecular weight excluding hydrogens is 176 g/mol. The van der Waals surface area contributed by atoms with E-state index in [2.05, 4.69) is 4.90 Å². The van der Waals surface area contributed by atoms with Crippen molar-refractivity contribution in [1.82, 2.24) is 4.90 Å². The van der Waals surface area contributed by atoms with E-state index in [1.807, 2.05) is 7.11 Å². The standard InChI is InChI=1S/C11H22N2O/c1-14-11-5-4-10(7-11)13-6-2-3-9(12)8-13/h9-11H,2-8,12H2,1H3. The van der Waals surface area contributed by atoms with Crippen molar-refractivity contribution in [1.29, 1.82) is 0 Å². The predicted molar refractivity (Wildman–Crippen MR) is 57.2 cm³/mol. The van der Waals surface area contributed by atoms with Gasteiger partial charge in [-0.05, 0) is 38.6 Å². The average Bonchev–Trinajstić information content (AvgIpc) is 2.66. The first kappa shape index (κ1) is 10.4. The summed E-state index contributed by atoms with van der Waals surface area (Å²) in [4.78, 5) is 2.58. The predicted octanol–water partition coefficient (Wildman–Crippen LogP) is 0.977. The van der Waals surface area contributed by atoms with Gasteiger partial charge in [0.25, 0.3) is 0 Å². The van der Waals surface area contributed by atoms with Crippen molar-refractivity contribution in [3.05, 3.63) is 0 Å². The van der Waals surface area contributed by atoms with Crippen LogP contribution in [0.4, 0.5) is 0 Å². The molecule has 0 bridgehead atoms. The molecule has 1 saturated carbocycles. The van der Waals surface area contributed by atoms with Gasteiger partial charge in [-0.1, -0.05) is 0 Å². The van der Waals surface area contributed by atoms with Crippen LogP contribution in [0.2, 0.25) is 0 Å². The zero-order chi connectivity index (χ0) is 9.97. The molecule has 1 saturated heterocycles. The van der Waals surface area contributed by atoms with E-state index >= 15 is 0 Å². The lowest BCUT2D eigenvalue weighted by Crippen LogP contribution is -2.47. The molecule has 0 amide bonds. The fourth-order valence-corrected chi connectivity index (χ4v) is 2.84. The zero-order valence-electron chi connectivity index (χ0n) is 9.11. The van der Waals surface area contributed by atoms with E-state index in [0.717, 1.165) is 12.6 Å². The molecule has 0 aromatic rings. The number of nitrogens with two attached hydrogens (primary N) is 1. The highest BCUT2D eigenvalue weighted by Crippen LogP contribution is 2.27. The van der Waals surface area contributed by atoms with Crippen molar-refractivity contribution in [2.24, 2.45) is 5.73 Å². The minimum absolute atomic E-state index is 0.408. The van der Waals surface area contributed by atoms with Gasteiger partial charge in [-0.2, -0.15) is 0 Å². The maximum absolute atomic E-state index is 5.99. The smallest absolute Gasteiger partial charge is 0.0586 e. The van der Waals surface area contributed by atoms with Crippen LogP contribution in [0.3, 0.4) is 0 Å². The van der Waals surface area contributed by atoms with E-state index in [-0.39, 0.29) is 0 Å². The largest absolute Gasteiger partial charge is 0.381 e. The maximum atomic E-state index is 5.99. The molecule has 2 aliphatic rings. The molecule has 3 unspecified atom stereocenters. The van der Waals surface area contributed by atoms with Crippen molar-refractivity contribution in [3.8, 4) is 0 Å². The third kappa shape index (κ3) is 2.27. The molecule has 1 aliphatic heterocycles. The van der Waals surface area contributed by atoms with Crippen LogP contribution in [0.1, 0.15) is 32.1 Å². The molecule has 2 rings (SSSR count). The van der Waals surface area contributed by atoms with Gasteiger partial charge in [0.1, 0.15) is 0 Å². The normalized spacial score (nSPS) is 40.3. The summed E-state index contributed by atoms with van der Waals surface area (Å²) in [5.74, 6) is 0. The van der Waals surface area contributed by atoms with Gasteiger partial charge in [0.05, 0.1) is 6.10 Å². The first-order chi connectivity index (χ1) is 6.79. The topological polar surface area (TPSA) is 38.5 Å². The summed E-state index contributed by atoms with van der Waals surface area (Å²) in [5, 5.41) is 0. The molecule has 82 valence electrons. The second-order valence-corrected chi connectivity index (χ2v) is 4.72. The Bertz CT molecular complexity index is 186. The zero-order valence-corrected chi connectivity index (χ0v) is 9.11. The van der Waals surface area contributed by atoms with Gasteiger partial charge >= 0.3 is 0 Å². The third-order valence-corrected chi connectivity index (χ3v) is 3.70. The summed E-state index contributed by atoms with van der Waals surface area (Å²) < 4.78 is 5.40. The number of hydrogen-bond acceptors (Lipinski definition) is 3. The fourth-order valence-electron chi connectivity index (χ4n) is 2.84. The van der Waals surface area contributed by atoms with E-state index in [1.54, 1.807) is 0 Å². The second kappa shape index (κ2) is 4.60. The van der Waals surface area contributed by atoms with Crippen LogP contribution in [0, 0.1) is 0 Å². The summed E-state index contributed by atoms with van der Waals surface area (Å²) in [6.45, 7) is 2.34. The highest BCUT2D eigenvalue weighted by atomic mass is 16.5. The second-order valence-electron chi connectivity index (χ2n) is 4.72. The van der Waals surface area contributed by atoms with Gasteiger partial charge in [-0.15, -0.1) is 0 Å². The molecule has 1 aliphatic carbocycles. The Labute approximate surface area is 86.6 Å². The van der Waals surface area contributed by atoms with Crippen LogP contribution in [0.5, 0.6) is 0 Å². The number of ether oxygens (including phenoxy) is 1. The van der Waals surface area contributed by atoms with E-state index in [4.69, 9.17) is 10.5 Å². The van der Waals surface area contributed by atoms with Gasteiger partial charge in [-0.25, -0.2) is 0 Å². The lowest BCUT2D eigenvalue weighted by molar-refractivity contribution is 0.0903. The third-order valence-electron chi connectivity index (χ3n) is 3.70. The van der Waals surface area contributed by atoms with Crippen LogP contribution in [-0.4, -0.2) is 43.3 Å². The summed E-state index contributed by atoms with van der Waals surface area (Å²) in [5.41, 5.74) is 5.99. The van der Waals surface area contributed by atoms with Crippen molar-refractivity contribution in [3.63, 3.8) is 0 Å². The number of piperidine rings is 1. The van der Waals surface area contributed by atoms with Crippen molar-refractivity contribution < 1.29 is 4.74 Å². The molecule has 3 atom stereocenters. The quantitative estimate of drug-likeness (QED) is 0.719. The minimum atomic E-state index is 0.408. The van der Waals surface area contributed by atoms with Gasteiger partial charge in [-0.3, -0.25) is 4.90 Å². The number of methoxy groups -OCH3 is 1. The first-order valence-corrected chi connectivity index (χ1v) is 5.82. The summed E-state index contributed by atoms with van der Waals surface area (Å²) in [7, 11) is 1.83. The number of nitrogens with zero attached hydrogens (tertiary/aromatic N) is 1. The van der Waals surface area contributed by atoms with Crippen molar-refractivity contribution in [2.75, 3.05) is 20.2 Å². The Morgan fingerprint density at radius 2 is 2.14 bits per heavy atom. The van der Waals surface area contributed by atoms with Crippen LogP contribution in [-0.2, 0) is 4.74 Å². The van der Waals surface area contributed by atoms with Crippen LogP contribution >= 0.6 is 0 Å². The van der Waals surface area contributed by atoms with Gasteiger partial charge in [0.15, 0.2) is 0 Å². The van der Waals surface area contributed by atoms with Crippen molar-refractivity contribution >= 4 is 0 Å². The highest BCUT2D eigenvalue weighted by molar-refractivity contribution is 4.87. The van der Waals surface area contributed by atoms with Gasteiger partial charge in [0, 0.05) is 25.7 Å². The highest BCUT2D eigenvalue weighted by Gasteiger charge is 2.31. The maximum Gasteiger partial charge on any atom is 0.0586 e. The molecule has 3 heteroatoms. The summed E-state index contributed by atoms with van der Waals surface area (Å²) >= 11 is 0. The van der Waals surface area contributed by atoms with E-state index < -0.39 is 0 Å². The lowest BCUT2D eigenvalue weighted by Gasteiger charge is -2.35. The Kier molecular flexibility index (Phi) is 3.42. The first-order valence-electron chi connectivity index (χ1n) is 5.82. The van der Waals surface area contributed by atoms with E-state index in [0.29, 0.717) is 12.1 Å². The molecule has 0 spiro atoms. The molecule has 14 heavy (non-hydrogen) atoms. The van der Waals surface area contributed by atoms with Crippen LogP contribution in [0.15, 0.2) is 0 Å². The van der Waals surface area contributed by atoms with E-state index in [9.17, 15) is 0 Å². The monoisotopic (exact) mass is 198 g/mol. The number of likely N-dealkylation sites (tertiary alicyclic amines) is 1. The summed E-state index contributed by atoms with van der Waals surface area (Å²) in [6.07, 6.45) is 6.71. The molecule has 2 N–H and O–H groups in total. The molecule has 2 fully saturated rings. The molecule has 3 nitrogen and oxygen atoms in total. The molecule has 0 aromatic heterocycles. The molecular formula is C11H22N2O. The number of rotatable bonds is 2. The van der Waals surface area contributed by atoms with Crippen LogP contribution < -0.4 is 5.73 Å². The molecule has 1 heterocycles. The summed E-state index contributed by atoms with van der Waals surface area (Å²) in [6, 6.07) is 1.15. The molecule has 0 aromatic carbocycles. The Hall–Kier alpha value is -0.120. The van der Waals surface area contributed by atoms with Crippen LogP contribution in [0.25, 0.3) is 0 Å². The Balaban J connectivity index is 1.83. The van der Waals surface area contributed by atoms with Gasteiger partial charge < -0.3 is 10.5 Å². The van der Waals surface area contributed by atoms with E-state index in [1.165, 1.54) is 38.6 Å².